The van der Waals surface area contributed by atoms with Crippen LogP contribution in [0.4, 0.5) is 0 Å². The fourth-order valence-corrected chi connectivity index (χ4v) is 5.51. The van der Waals surface area contributed by atoms with Crippen LogP contribution in [0.1, 0.15) is 44.9 Å². The topological polar surface area (TPSA) is 0 Å². The van der Waals surface area contributed by atoms with Crippen molar-refractivity contribution in [2.24, 2.45) is 11.8 Å². The Morgan fingerprint density at radius 2 is 1.33 bits per heavy atom. The second-order valence-corrected chi connectivity index (χ2v) is 6.31. The highest BCUT2D eigenvalue weighted by atomic mass is 32.2. The Hall–Kier alpha value is 0.350. The number of hydrogen-bond donors (Lipinski definition) is 0. The van der Waals surface area contributed by atoms with Gasteiger partial charge in [0.25, 0.3) is 0 Å². The van der Waals surface area contributed by atoms with Crippen LogP contribution in [0.15, 0.2) is 0 Å². The summed E-state index contributed by atoms with van der Waals surface area (Å²) in [6, 6.07) is 0. The number of rotatable bonds is 0. The molecule has 0 nitrogen and oxygen atoms in total. The molecule has 0 radical (unpaired) electrons. The molecule has 1 aliphatic heterocycles. The zero-order valence-corrected chi connectivity index (χ0v) is 8.48. The monoisotopic (exact) mass is 182 g/mol. The van der Waals surface area contributed by atoms with Crippen LogP contribution in [0.2, 0.25) is 0 Å². The van der Waals surface area contributed by atoms with E-state index in [0.717, 1.165) is 22.3 Å². The van der Waals surface area contributed by atoms with E-state index in [-0.39, 0.29) is 0 Å². The lowest BCUT2D eigenvalue weighted by atomic mass is 9.91. The first-order valence-electron chi connectivity index (χ1n) is 5.59. The molecular weight excluding hydrogens is 164 g/mol. The van der Waals surface area contributed by atoms with Crippen LogP contribution in [0.25, 0.3) is 0 Å². The van der Waals surface area contributed by atoms with Gasteiger partial charge >= 0.3 is 0 Å². The molecule has 4 atom stereocenters. The van der Waals surface area contributed by atoms with Crippen molar-refractivity contribution in [3.63, 3.8) is 0 Å². The SMILES string of the molecule is C1C[C@H]2C[C@@H]3CCC[C@H]3S[C@H]2C1. The van der Waals surface area contributed by atoms with Crippen LogP contribution in [0.5, 0.6) is 0 Å². The van der Waals surface area contributed by atoms with E-state index in [4.69, 9.17) is 0 Å². The first kappa shape index (κ1) is 7.73. The quantitative estimate of drug-likeness (QED) is 0.553. The fourth-order valence-electron chi connectivity index (χ4n) is 3.52. The number of hydrogen-bond acceptors (Lipinski definition) is 1. The highest BCUT2D eigenvalue weighted by Crippen LogP contribution is 2.52. The summed E-state index contributed by atoms with van der Waals surface area (Å²) in [6.45, 7) is 0. The molecule has 0 aromatic heterocycles. The van der Waals surface area contributed by atoms with E-state index >= 15 is 0 Å². The van der Waals surface area contributed by atoms with Gasteiger partial charge in [0.1, 0.15) is 0 Å². The van der Waals surface area contributed by atoms with Gasteiger partial charge in [-0.15, -0.1) is 0 Å². The Morgan fingerprint density at radius 1 is 0.750 bits per heavy atom. The third-order valence-corrected chi connectivity index (χ3v) is 6.07. The van der Waals surface area contributed by atoms with Crippen LogP contribution in [0.3, 0.4) is 0 Å². The van der Waals surface area contributed by atoms with Crippen LogP contribution in [-0.2, 0) is 0 Å². The normalized spacial score (nSPS) is 52.0. The summed E-state index contributed by atoms with van der Waals surface area (Å²) in [5.41, 5.74) is 0. The van der Waals surface area contributed by atoms with E-state index in [1.165, 1.54) is 12.8 Å². The molecule has 0 bridgehead atoms. The average molecular weight is 182 g/mol. The summed E-state index contributed by atoms with van der Waals surface area (Å²) in [6.07, 6.45) is 10.9. The highest BCUT2D eigenvalue weighted by Gasteiger charge is 2.41. The molecule has 0 spiro atoms. The van der Waals surface area contributed by atoms with Gasteiger partial charge in [0.05, 0.1) is 0 Å². The van der Waals surface area contributed by atoms with Crippen LogP contribution < -0.4 is 0 Å². The second kappa shape index (κ2) is 2.94. The zero-order chi connectivity index (χ0) is 7.97. The highest BCUT2D eigenvalue weighted by molar-refractivity contribution is 8.00. The summed E-state index contributed by atoms with van der Waals surface area (Å²) in [5, 5.41) is 2.17. The Morgan fingerprint density at radius 3 is 1.92 bits per heavy atom. The molecule has 0 amide bonds. The maximum absolute atomic E-state index is 2.37. The molecule has 12 heavy (non-hydrogen) atoms. The molecule has 68 valence electrons. The van der Waals surface area contributed by atoms with Crippen molar-refractivity contribution in [3.8, 4) is 0 Å². The predicted octanol–water partition coefficient (Wildman–Crippen LogP) is 3.46. The molecule has 0 aromatic carbocycles. The summed E-state index contributed by atoms with van der Waals surface area (Å²) in [7, 11) is 0. The van der Waals surface area contributed by atoms with E-state index in [1.807, 2.05) is 0 Å². The predicted molar refractivity (Wildman–Crippen MR) is 54.5 cm³/mol. The van der Waals surface area contributed by atoms with Crippen molar-refractivity contribution in [1.29, 1.82) is 0 Å². The van der Waals surface area contributed by atoms with E-state index in [0.29, 0.717) is 0 Å². The van der Waals surface area contributed by atoms with Gasteiger partial charge in [0.15, 0.2) is 0 Å². The van der Waals surface area contributed by atoms with E-state index in [9.17, 15) is 0 Å². The first-order chi connectivity index (χ1) is 5.93. The second-order valence-electron chi connectivity index (χ2n) is 4.83. The molecule has 2 saturated carbocycles. The van der Waals surface area contributed by atoms with Gasteiger partial charge in [-0.1, -0.05) is 12.8 Å². The molecule has 0 N–H and O–H groups in total. The summed E-state index contributed by atoms with van der Waals surface area (Å²) < 4.78 is 0. The minimum atomic E-state index is 1.09. The fraction of sp³-hybridized carbons (Fsp3) is 1.00. The van der Waals surface area contributed by atoms with Gasteiger partial charge < -0.3 is 0 Å². The van der Waals surface area contributed by atoms with Crippen LogP contribution >= 0.6 is 11.8 Å². The smallest absolute Gasteiger partial charge is 0.00783 e. The summed E-state index contributed by atoms with van der Waals surface area (Å²) >= 11 is 2.37. The maximum atomic E-state index is 2.37. The van der Waals surface area contributed by atoms with Crippen LogP contribution in [-0.4, -0.2) is 10.5 Å². The van der Waals surface area contributed by atoms with Gasteiger partial charge in [0, 0.05) is 10.5 Å². The molecule has 0 aromatic rings. The standard InChI is InChI=1S/C11H18S/c1-3-8-7-9-4-2-6-11(9)12-10(8)5-1/h8-11H,1-7H2/t8-,9-,10-,11+/m0/s1. The zero-order valence-electron chi connectivity index (χ0n) is 7.67. The van der Waals surface area contributed by atoms with E-state index in [2.05, 4.69) is 11.8 Å². The largest absolute Gasteiger partial charge is 0.155 e. The van der Waals surface area contributed by atoms with E-state index < -0.39 is 0 Å². The molecule has 1 heteroatoms. The van der Waals surface area contributed by atoms with Gasteiger partial charge in [-0.3, -0.25) is 0 Å². The lowest BCUT2D eigenvalue weighted by Crippen LogP contribution is -2.27. The van der Waals surface area contributed by atoms with Crippen molar-refractivity contribution in [1.82, 2.24) is 0 Å². The molecule has 3 rings (SSSR count). The third kappa shape index (κ3) is 1.13. The van der Waals surface area contributed by atoms with Crippen molar-refractivity contribution in [2.75, 3.05) is 0 Å². The molecule has 2 aliphatic carbocycles. The average Bonchev–Trinajstić information content (AvgIpc) is 2.64. The molecule has 3 aliphatic rings. The molecule has 1 saturated heterocycles. The molecule has 1 heterocycles. The van der Waals surface area contributed by atoms with E-state index in [1.54, 1.807) is 32.1 Å². The van der Waals surface area contributed by atoms with Crippen molar-refractivity contribution >= 4 is 11.8 Å². The first-order valence-corrected chi connectivity index (χ1v) is 6.53. The minimum absolute atomic E-state index is 1.09. The molecule has 0 unspecified atom stereocenters. The number of fused-ring (bicyclic) bond motifs is 2. The maximum Gasteiger partial charge on any atom is 0.00783 e. The summed E-state index contributed by atoms with van der Waals surface area (Å²) in [5.74, 6) is 2.27. The Labute approximate surface area is 79.5 Å². The lowest BCUT2D eigenvalue weighted by molar-refractivity contribution is 0.375. The van der Waals surface area contributed by atoms with Crippen molar-refractivity contribution in [3.05, 3.63) is 0 Å². The minimum Gasteiger partial charge on any atom is -0.155 e. The van der Waals surface area contributed by atoms with Crippen molar-refractivity contribution < 1.29 is 0 Å². The Bertz CT molecular complexity index is 142. The Balaban J connectivity index is 1.75. The lowest BCUT2D eigenvalue weighted by Gasteiger charge is -2.34. The van der Waals surface area contributed by atoms with Gasteiger partial charge in [-0.25, -0.2) is 0 Å². The van der Waals surface area contributed by atoms with Gasteiger partial charge in [-0.2, -0.15) is 11.8 Å². The molecular formula is C11H18S. The summed E-state index contributed by atoms with van der Waals surface area (Å²) in [4.78, 5) is 0. The van der Waals surface area contributed by atoms with Crippen LogP contribution in [0, 0.1) is 11.8 Å². The molecule has 3 fully saturated rings. The Kier molecular flexibility index (Phi) is 1.89. The van der Waals surface area contributed by atoms with Gasteiger partial charge in [-0.05, 0) is 43.9 Å². The van der Waals surface area contributed by atoms with Crippen molar-refractivity contribution in [2.45, 2.75) is 55.4 Å². The van der Waals surface area contributed by atoms with Gasteiger partial charge in [0.2, 0.25) is 0 Å². The third-order valence-electron chi connectivity index (χ3n) is 4.13. The number of thioether (sulfide) groups is 1.